The van der Waals surface area contributed by atoms with E-state index >= 15 is 0 Å². The minimum atomic E-state index is 0.0313. The predicted octanol–water partition coefficient (Wildman–Crippen LogP) is 0.151. The molecule has 3 heteroatoms. The highest BCUT2D eigenvalue weighted by atomic mass is 16.7. The lowest BCUT2D eigenvalue weighted by molar-refractivity contribution is 0.0118. The second-order valence-electron chi connectivity index (χ2n) is 1.15. The summed E-state index contributed by atoms with van der Waals surface area (Å²) in [4.78, 5) is 0. The van der Waals surface area contributed by atoms with E-state index < -0.39 is 0 Å². The van der Waals surface area contributed by atoms with Gasteiger partial charge in [-0.05, 0) is 6.92 Å². The van der Waals surface area contributed by atoms with E-state index in [2.05, 4.69) is 9.47 Å². The first kappa shape index (κ1) is 7.88. The Bertz CT molecular complexity index is 32.7. The lowest BCUT2D eigenvalue weighted by Gasteiger charge is -1.97. The normalized spacial score (nSPS) is 9.75. The van der Waals surface area contributed by atoms with Crippen LogP contribution in [0.1, 0.15) is 6.92 Å². The Morgan fingerprint density at radius 1 is 1.50 bits per heavy atom. The molecule has 0 unspecified atom stereocenters. The van der Waals surface area contributed by atoms with Gasteiger partial charge in [0.25, 0.3) is 0 Å². The quantitative estimate of drug-likeness (QED) is 0.523. The van der Waals surface area contributed by atoms with E-state index in [0.717, 1.165) is 0 Å². The van der Waals surface area contributed by atoms with Gasteiger partial charge in [0.1, 0.15) is 0 Å². The largest absolute Gasteiger partial charge is 0.394 e. The molecule has 0 saturated heterocycles. The van der Waals surface area contributed by atoms with E-state index in [0.29, 0.717) is 13.2 Å². The molecule has 0 saturated carbocycles. The Morgan fingerprint density at radius 2 is 2.25 bits per heavy atom. The molecule has 3 nitrogen and oxygen atoms in total. The number of aliphatic hydroxyl groups excluding tert-OH is 1. The zero-order valence-corrected chi connectivity index (χ0v) is 4.96. The highest BCUT2D eigenvalue weighted by molar-refractivity contribution is 4.28. The molecule has 0 aromatic carbocycles. The summed E-state index contributed by atoms with van der Waals surface area (Å²) in [7, 11) is 0. The van der Waals surface area contributed by atoms with Gasteiger partial charge < -0.3 is 14.6 Å². The van der Waals surface area contributed by atoms with Crippen LogP contribution in [-0.2, 0) is 9.47 Å². The molecule has 8 heavy (non-hydrogen) atoms. The van der Waals surface area contributed by atoms with Gasteiger partial charge in [-0.25, -0.2) is 0 Å². The van der Waals surface area contributed by atoms with Gasteiger partial charge in [-0.3, -0.25) is 0 Å². The Balaban J connectivity index is 2.53. The van der Waals surface area contributed by atoms with Crippen molar-refractivity contribution in [2.45, 2.75) is 6.92 Å². The molecule has 0 spiro atoms. The molecular weight excluding hydrogens is 108 g/mol. The molecule has 0 atom stereocenters. The molecule has 0 aliphatic carbocycles. The van der Waals surface area contributed by atoms with E-state index in [1.54, 1.807) is 0 Å². The van der Waals surface area contributed by atoms with Crippen LogP contribution in [0.2, 0.25) is 0 Å². The summed E-state index contributed by atoms with van der Waals surface area (Å²) < 4.78 is 9.30. The van der Waals surface area contributed by atoms with E-state index in [-0.39, 0.29) is 6.61 Å². The van der Waals surface area contributed by atoms with Crippen molar-refractivity contribution in [2.24, 2.45) is 0 Å². The summed E-state index contributed by atoms with van der Waals surface area (Å²) in [5, 5.41) is 8.17. The third-order valence-corrected chi connectivity index (χ3v) is 0.512. The van der Waals surface area contributed by atoms with Crippen molar-refractivity contribution in [3.63, 3.8) is 0 Å². The van der Waals surface area contributed by atoms with Crippen molar-refractivity contribution in [1.29, 1.82) is 0 Å². The zero-order valence-electron chi connectivity index (χ0n) is 4.96. The monoisotopic (exact) mass is 119 g/mol. The third kappa shape index (κ3) is 5.88. The van der Waals surface area contributed by atoms with E-state index in [9.17, 15) is 0 Å². The summed E-state index contributed by atoms with van der Waals surface area (Å²) in [6, 6.07) is 0. The second-order valence-corrected chi connectivity index (χ2v) is 1.15. The van der Waals surface area contributed by atoms with Crippen LogP contribution in [0.5, 0.6) is 0 Å². The summed E-state index contributed by atoms with van der Waals surface area (Å²) in [5.41, 5.74) is 0. The first-order valence-electron chi connectivity index (χ1n) is 2.57. The molecule has 0 aromatic rings. The van der Waals surface area contributed by atoms with Gasteiger partial charge in [-0.15, -0.1) is 0 Å². The Hall–Kier alpha value is -0.120. The van der Waals surface area contributed by atoms with Crippen molar-refractivity contribution < 1.29 is 14.6 Å². The van der Waals surface area contributed by atoms with Crippen molar-refractivity contribution >= 4 is 0 Å². The SMILES string of the molecule is CCO[CH]OCCO. The van der Waals surface area contributed by atoms with Gasteiger partial charge in [-0.1, -0.05) is 0 Å². The van der Waals surface area contributed by atoms with Crippen LogP contribution in [0.25, 0.3) is 0 Å². The van der Waals surface area contributed by atoms with E-state index in [4.69, 9.17) is 5.11 Å². The Kier molecular flexibility index (Phi) is 6.78. The summed E-state index contributed by atoms with van der Waals surface area (Å²) in [6.45, 7) is 4.03. The highest BCUT2D eigenvalue weighted by Crippen LogP contribution is 1.81. The average Bonchev–Trinajstić information content (AvgIpc) is 1.81. The first-order chi connectivity index (χ1) is 3.91. The average molecular weight is 119 g/mol. The third-order valence-electron chi connectivity index (χ3n) is 0.512. The maximum Gasteiger partial charge on any atom is 0.209 e. The van der Waals surface area contributed by atoms with Crippen LogP contribution in [0.4, 0.5) is 0 Å². The fraction of sp³-hybridized carbons (Fsp3) is 0.800. The zero-order chi connectivity index (χ0) is 6.24. The van der Waals surface area contributed by atoms with E-state index in [1.165, 1.54) is 6.79 Å². The predicted molar refractivity (Wildman–Crippen MR) is 29.0 cm³/mol. The lowest BCUT2D eigenvalue weighted by atomic mass is 10.8. The molecule has 0 aromatic heterocycles. The molecule has 0 rings (SSSR count). The maximum atomic E-state index is 8.17. The molecule has 0 aliphatic heterocycles. The van der Waals surface area contributed by atoms with Crippen LogP contribution in [-0.4, -0.2) is 24.9 Å². The first-order valence-corrected chi connectivity index (χ1v) is 2.57. The van der Waals surface area contributed by atoms with Gasteiger partial charge in [0.2, 0.25) is 6.79 Å². The van der Waals surface area contributed by atoms with Crippen molar-refractivity contribution in [3.8, 4) is 0 Å². The van der Waals surface area contributed by atoms with Crippen molar-refractivity contribution in [3.05, 3.63) is 6.79 Å². The van der Waals surface area contributed by atoms with Gasteiger partial charge >= 0.3 is 0 Å². The molecule has 0 heterocycles. The highest BCUT2D eigenvalue weighted by Gasteiger charge is 1.82. The molecule has 0 amide bonds. The molecule has 0 fully saturated rings. The number of aliphatic hydroxyl groups is 1. The van der Waals surface area contributed by atoms with Crippen molar-refractivity contribution in [2.75, 3.05) is 19.8 Å². The number of hydrogen-bond acceptors (Lipinski definition) is 3. The molecule has 1 radical (unpaired) electrons. The Labute approximate surface area is 49.2 Å². The molecular formula is C5H11O3. The molecule has 1 N–H and O–H groups in total. The summed E-state index contributed by atoms with van der Waals surface area (Å²) in [6.07, 6.45) is 0. The van der Waals surface area contributed by atoms with Gasteiger partial charge in [0.05, 0.1) is 13.2 Å². The second kappa shape index (κ2) is 6.88. The molecule has 49 valence electrons. The maximum absolute atomic E-state index is 8.17. The molecule has 0 aliphatic rings. The van der Waals surface area contributed by atoms with Gasteiger partial charge in [0, 0.05) is 6.61 Å². The lowest BCUT2D eigenvalue weighted by Crippen LogP contribution is -1.98. The fourth-order valence-corrected chi connectivity index (χ4v) is 0.217. The minimum Gasteiger partial charge on any atom is -0.394 e. The number of hydrogen-bond donors (Lipinski definition) is 1. The van der Waals surface area contributed by atoms with Gasteiger partial charge in [0.15, 0.2) is 0 Å². The summed E-state index contributed by atoms with van der Waals surface area (Å²) >= 11 is 0. The Morgan fingerprint density at radius 3 is 2.75 bits per heavy atom. The minimum absolute atomic E-state index is 0.0313. The van der Waals surface area contributed by atoms with Crippen LogP contribution < -0.4 is 0 Å². The van der Waals surface area contributed by atoms with Crippen LogP contribution in [0, 0.1) is 6.79 Å². The standard InChI is InChI=1S/C5H11O3/c1-2-7-5-8-4-3-6/h5-6H,2-4H2,1H3. The topological polar surface area (TPSA) is 38.7 Å². The van der Waals surface area contributed by atoms with E-state index in [1.807, 2.05) is 6.92 Å². The van der Waals surface area contributed by atoms with Crippen LogP contribution >= 0.6 is 0 Å². The van der Waals surface area contributed by atoms with Crippen molar-refractivity contribution in [1.82, 2.24) is 0 Å². The van der Waals surface area contributed by atoms with Gasteiger partial charge in [-0.2, -0.15) is 0 Å². The smallest absolute Gasteiger partial charge is 0.209 e. The van der Waals surface area contributed by atoms with Crippen LogP contribution in [0.15, 0.2) is 0 Å². The number of ether oxygens (including phenoxy) is 2. The fourth-order valence-electron chi connectivity index (χ4n) is 0.217. The summed E-state index contributed by atoms with van der Waals surface area (Å²) in [5.74, 6) is 0. The van der Waals surface area contributed by atoms with Crippen LogP contribution in [0.3, 0.4) is 0 Å². The molecule has 0 bridgehead atoms. The number of rotatable bonds is 5.